The summed E-state index contributed by atoms with van der Waals surface area (Å²) in [5, 5.41) is 8.98. The van der Waals surface area contributed by atoms with Crippen molar-refractivity contribution in [3.63, 3.8) is 0 Å². The molecule has 0 aliphatic heterocycles. The molecule has 4 N–H and O–H groups in total. The molecule has 2 rings (SSSR count). The summed E-state index contributed by atoms with van der Waals surface area (Å²) < 4.78 is 0. The van der Waals surface area contributed by atoms with Crippen molar-refractivity contribution in [1.82, 2.24) is 9.97 Å². The minimum Gasteiger partial charge on any atom is -0.382 e. The van der Waals surface area contributed by atoms with E-state index < -0.39 is 0 Å². The van der Waals surface area contributed by atoms with Gasteiger partial charge in [0, 0.05) is 18.1 Å². The fourth-order valence-corrected chi connectivity index (χ4v) is 2.09. The van der Waals surface area contributed by atoms with Gasteiger partial charge in [0.15, 0.2) is 17.3 Å². The van der Waals surface area contributed by atoms with Crippen LogP contribution in [0.1, 0.15) is 0 Å². The van der Waals surface area contributed by atoms with Crippen molar-refractivity contribution in [2.45, 2.75) is 0 Å². The molecule has 1 aromatic carbocycles. The average Bonchev–Trinajstić information content (AvgIpc) is 2.55. The molecular formula is C16H18ClN7. The summed E-state index contributed by atoms with van der Waals surface area (Å²) in [4.78, 5) is 10.1. The second kappa shape index (κ2) is 8.07. The fourth-order valence-electron chi connectivity index (χ4n) is 1.97. The summed E-state index contributed by atoms with van der Waals surface area (Å²) in [5.41, 5.74) is 12.6. The predicted molar refractivity (Wildman–Crippen MR) is 99.1 cm³/mol. The Bertz CT molecular complexity index is 746. The number of halogens is 1. The third-order valence-electron chi connectivity index (χ3n) is 3.00. The number of azo groups is 1. The summed E-state index contributed by atoms with van der Waals surface area (Å²) in [5.74, 6) is 0.678. The van der Waals surface area contributed by atoms with Gasteiger partial charge in [-0.25, -0.2) is 0 Å². The molecule has 0 amide bonds. The Morgan fingerprint density at radius 2 is 1.67 bits per heavy atom. The van der Waals surface area contributed by atoms with Crippen molar-refractivity contribution in [2.75, 3.05) is 29.5 Å². The lowest BCUT2D eigenvalue weighted by molar-refractivity contribution is 0.918. The van der Waals surface area contributed by atoms with Crippen molar-refractivity contribution in [2.24, 2.45) is 10.2 Å². The summed E-state index contributed by atoms with van der Waals surface area (Å²) in [6.45, 7) is 8.51. The first-order valence-electron chi connectivity index (χ1n) is 7.12. The zero-order chi connectivity index (χ0) is 17.5. The molecule has 0 unspecified atom stereocenters. The minimum absolute atomic E-state index is 0.0612. The molecule has 0 aliphatic carbocycles. The SMILES string of the molecule is C=CCN(CC=C)c1nc(N)nc(N)c1N=Nc1ccc(Cl)cc1. The Morgan fingerprint density at radius 3 is 2.25 bits per heavy atom. The van der Waals surface area contributed by atoms with Crippen LogP contribution in [0.2, 0.25) is 5.02 Å². The van der Waals surface area contributed by atoms with Gasteiger partial charge in [-0.1, -0.05) is 23.8 Å². The van der Waals surface area contributed by atoms with Gasteiger partial charge in [-0.15, -0.1) is 18.3 Å². The smallest absolute Gasteiger partial charge is 0.224 e. The van der Waals surface area contributed by atoms with E-state index in [4.69, 9.17) is 23.1 Å². The third-order valence-corrected chi connectivity index (χ3v) is 3.25. The Balaban J connectivity index is 2.45. The van der Waals surface area contributed by atoms with Crippen molar-refractivity contribution < 1.29 is 0 Å². The lowest BCUT2D eigenvalue weighted by atomic mass is 10.3. The Morgan fingerprint density at radius 1 is 1.04 bits per heavy atom. The van der Waals surface area contributed by atoms with Crippen LogP contribution in [0.25, 0.3) is 0 Å². The number of rotatable bonds is 7. The van der Waals surface area contributed by atoms with Gasteiger partial charge in [0.05, 0.1) is 5.69 Å². The normalized spacial score (nSPS) is 10.7. The van der Waals surface area contributed by atoms with Gasteiger partial charge in [0.2, 0.25) is 5.95 Å². The van der Waals surface area contributed by atoms with Crippen LogP contribution >= 0.6 is 11.6 Å². The molecule has 0 saturated carbocycles. The van der Waals surface area contributed by atoms with Gasteiger partial charge in [-0.3, -0.25) is 0 Å². The van der Waals surface area contributed by atoms with Crippen LogP contribution in [0, 0.1) is 0 Å². The van der Waals surface area contributed by atoms with Crippen molar-refractivity contribution in [3.05, 3.63) is 54.6 Å². The van der Waals surface area contributed by atoms with Crippen molar-refractivity contribution >= 4 is 40.6 Å². The van der Waals surface area contributed by atoms with E-state index in [-0.39, 0.29) is 11.8 Å². The van der Waals surface area contributed by atoms with Crippen LogP contribution in [0.4, 0.5) is 29.0 Å². The number of benzene rings is 1. The van der Waals surface area contributed by atoms with Crippen LogP contribution in [0.5, 0.6) is 0 Å². The Hall–Kier alpha value is -2.93. The summed E-state index contributed by atoms with van der Waals surface area (Å²) >= 11 is 5.86. The number of hydrogen-bond acceptors (Lipinski definition) is 7. The first-order valence-corrected chi connectivity index (χ1v) is 7.50. The zero-order valence-corrected chi connectivity index (χ0v) is 13.8. The molecule has 7 nitrogen and oxygen atoms in total. The van der Waals surface area contributed by atoms with Gasteiger partial charge in [-0.2, -0.15) is 15.1 Å². The lowest BCUT2D eigenvalue weighted by Crippen LogP contribution is -2.25. The van der Waals surface area contributed by atoms with Gasteiger partial charge < -0.3 is 16.4 Å². The van der Waals surface area contributed by atoms with Gasteiger partial charge in [-0.05, 0) is 24.3 Å². The van der Waals surface area contributed by atoms with E-state index in [2.05, 4.69) is 33.4 Å². The molecule has 8 heteroatoms. The molecule has 0 spiro atoms. The van der Waals surface area contributed by atoms with Crippen LogP contribution < -0.4 is 16.4 Å². The van der Waals surface area contributed by atoms with Gasteiger partial charge in [0.25, 0.3) is 0 Å². The highest BCUT2D eigenvalue weighted by Crippen LogP contribution is 2.33. The topological polar surface area (TPSA) is 106 Å². The minimum atomic E-state index is 0.0612. The molecule has 124 valence electrons. The van der Waals surface area contributed by atoms with E-state index >= 15 is 0 Å². The maximum absolute atomic E-state index is 5.96. The van der Waals surface area contributed by atoms with E-state index in [1.54, 1.807) is 36.4 Å². The predicted octanol–water partition coefficient (Wildman–Crippen LogP) is 3.89. The molecule has 0 aliphatic rings. The van der Waals surface area contributed by atoms with Crippen LogP contribution in [-0.4, -0.2) is 23.1 Å². The standard InChI is InChI=1S/C16H18ClN7/c1-3-9-24(10-4-2)15-13(14(18)20-16(19)21-15)23-22-12-7-5-11(17)6-8-12/h3-8H,1-2,9-10H2,(H4,18,19,20,21). The zero-order valence-electron chi connectivity index (χ0n) is 13.1. The number of anilines is 3. The number of hydrogen-bond donors (Lipinski definition) is 2. The first kappa shape index (κ1) is 17.4. The number of nitrogens with two attached hydrogens (primary N) is 2. The maximum atomic E-state index is 5.96. The molecule has 1 aromatic heterocycles. The Labute approximate surface area is 145 Å². The lowest BCUT2D eigenvalue weighted by Gasteiger charge is -2.22. The number of nitrogens with zero attached hydrogens (tertiary/aromatic N) is 5. The third kappa shape index (κ3) is 4.30. The van der Waals surface area contributed by atoms with E-state index in [1.807, 2.05) is 4.90 Å². The molecule has 1 heterocycles. The molecule has 24 heavy (non-hydrogen) atoms. The van der Waals surface area contributed by atoms with Gasteiger partial charge in [0.1, 0.15) is 0 Å². The Kier molecular flexibility index (Phi) is 5.86. The second-order valence-electron chi connectivity index (χ2n) is 4.80. The molecule has 0 radical (unpaired) electrons. The highest BCUT2D eigenvalue weighted by molar-refractivity contribution is 6.30. The van der Waals surface area contributed by atoms with Crippen molar-refractivity contribution in [1.29, 1.82) is 0 Å². The second-order valence-corrected chi connectivity index (χ2v) is 5.23. The van der Waals surface area contributed by atoms with E-state index in [0.717, 1.165) is 0 Å². The van der Waals surface area contributed by atoms with E-state index in [0.29, 0.717) is 35.3 Å². The molecule has 0 bridgehead atoms. The van der Waals surface area contributed by atoms with Crippen LogP contribution in [0.3, 0.4) is 0 Å². The molecule has 0 fully saturated rings. The number of nitrogen functional groups attached to an aromatic ring is 2. The summed E-state index contributed by atoms with van der Waals surface area (Å²) in [6.07, 6.45) is 3.47. The molecular weight excluding hydrogens is 326 g/mol. The number of aromatic nitrogens is 2. The monoisotopic (exact) mass is 343 g/mol. The average molecular weight is 344 g/mol. The molecule has 0 saturated heterocycles. The maximum Gasteiger partial charge on any atom is 0.224 e. The van der Waals surface area contributed by atoms with Gasteiger partial charge >= 0.3 is 0 Å². The fraction of sp³-hybridized carbons (Fsp3) is 0.125. The molecule has 2 aromatic rings. The largest absolute Gasteiger partial charge is 0.382 e. The molecule has 0 atom stereocenters. The van der Waals surface area contributed by atoms with Crippen LogP contribution in [0.15, 0.2) is 59.8 Å². The van der Waals surface area contributed by atoms with Crippen LogP contribution in [-0.2, 0) is 0 Å². The quantitative estimate of drug-likeness (QED) is 0.586. The highest BCUT2D eigenvalue weighted by atomic mass is 35.5. The summed E-state index contributed by atoms with van der Waals surface area (Å²) in [7, 11) is 0. The van der Waals surface area contributed by atoms with E-state index in [1.165, 1.54) is 0 Å². The first-order chi connectivity index (χ1) is 11.5. The van der Waals surface area contributed by atoms with Crippen molar-refractivity contribution in [3.8, 4) is 0 Å². The van der Waals surface area contributed by atoms with E-state index in [9.17, 15) is 0 Å². The highest BCUT2D eigenvalue weighted by Gasteiger charge is 2.16. The summed E-state index contributed by atoms with van der Waals surface area (Å²) in [6, 6.07) is 6.93.